The molecule has 0 bridgehead atoms. The lowest BCUT2D eigenvalue weighted by Crippen LogP contribution is -2.54. The van der Waals surface area contributed by atoms with Crippen LogP contribution in [0.4, 0.5) is 0 Å². The molecule has 1 aromatic carbocycles. The first kappa shape index (κ1) is 25.1. The molecule has 0 amide bonds. The molecule has 5 unspecified atom stereocenters. The molecule has 5 rings (SSSR count). The number of ketones is 1. The van der Waals surface area contributed by atoms with E-state index in [9.17, 15) is 21.6 Å². The molecule has 9 heteroatoms. The van der Waals surface area contributed by atoms with Gasteiger partial charge in [0.1, 0.15) is 0 Å². The summed E-state index contributed by atoms with van der Waals surface area (Å²) in [5, 5.41) is 5.20. The highest BCUT2D eigenvalue weighted by atomic mass is 32.2. The van der Waals surface area contributed by atoms with Gasteiger partial charge in [-0.1, -0.05) is 32.4 Å². The van der Waals surface area contributed by atoms with Crippen molar-refractivity contribution in [1.29, 1.82) is 0 Å². The number of carbonyl (C=O) groups is 1. The highest BCUT2D eigenvalue weighted by Crippen LogP contribution is 2.67. The minimum atomic E-state index is -4.16. The molecule has 7 atom stereocenters. The highest BCUT2D eigenvalue weighted by molar-refractivity contribution is 7.89. The molecule has 0 saturated heterocycles. The third-order valence-electron chi connectivity index (χ3n) is 9.89. The average Bonchev–Trinajstić information content (AvgIpc) is 3.10. The zero-order chi connectivity index (χ0) is 25.4. The number of allylic oxidation sites excluding steroid dienone is 1. The van der Waals surface area contributed by atoms with Gasteiger partial charge in [-0.15, -0.1) is 0 Å². The predicted octanol–water partition coefficient (Wildman–Crippen LogP) is 4.19. The largest absolute Gasteiger partial charge is 0.297 e. The van der Waals surface area contributed by atoms with Gasteiger partial charge in [-0.05, 0) is 97.3 Å². The Morgan fingerprint density at radius 3 is 2.43 bits per heavy atom. The normalized spacial score (nSPS) is 39.4. The van der Waals surface area contributed by atoms with Gasteiger partial charge in [0.05, 0.1) is 15.9 Å². The summed E-state index contributed by atoms with van der Waals surface area (Å²) in [5.41, 5.74) is 1.09. The van der Waals surface area contributed by atoms with Crippen LogP contribution in [0.5, 0.6) is 0 Å². The van der Waals surface area contributed by atoms with Gasteiger partial charge in [-0.3, -0.25) is 8.98 Å². The summed E-state index contributed by atoms with van der Waals surface area (Å²) < 4.78 is 55.7. The lowest BCUT2D eigenvalue weighted by Gasteiger charge is -2.60. The minimum absolute atomic E-state index is 0.0472. The number of sulfonamides is 1. The molecular formula is C26H35NO6S2. The molecular weight excluding hydrogens is 486 g/mol. The maximum absolute atomic E-state index is 13.2. The highest BCUT2D eigenvalue weighted by Gasteiger charge is 2.61. The fourth-order valence-corrected chi connectivity index (χ4v) is 9.91. The predicted molar refractivity (Wildman–Crippen MR) is 131 cm³/mol. The van der Waals surface area contributed by atoms with Gasteiger partial charge in [0.2, 0.25) is 10.0 Å². The van der Waals surface area contributed by atoms with Crippen LogP contribution >= 0.6 is 0 Å². The zero-order valence-electron chi connectivity index (χ0n) is 20.6. The van der Waals surface area contributed by atoms with Gasteiger partial charge in [-0.25, -0.2) is 13.6 Å². The van der Waals surface area contributed by atoms with Gasteiger partial charge in [-0.2, -0.15) is 8.42 Å². The number of hydrogen-bond donors (Lipinski definition) is 1. The molecule has 7 nitrogen and oxygen atoms in total. The van der Waals surface area contributed by atoms with Crippen LogP contribution < -0.4 is 5.14 Å². The van der Waals surface area contributed by atoms with E-state index >= 15 is 0 Å². The van der Waals surface area contributed by atoms with Gasteiger partial charge >= 0.3 is 0 Å². The van der Waals surface area contributed by atoms with E-state index in [-0.39, 0.29) is 26.4 Å². The number of fused-ring (bicyclic) bond motifs is 5. The van der Waals surface area contributed by atoms with E-state index in [0.29, 0.717) is 36.5 Å². The first-order valence-electron chi connectivity index (χ1n) is 12.6. The first-order valence-corrected chi connectivity index (χ1v) is 15.5. The molecule has 35 heavy (non-hydrogen) atoms. The van der Waals surface area contributed by atoms with E-state index < -0.39 is 26.2 Å². The summed E-state index contributed by atoms with van der Waals surface area (Å²) in [6.07, 6.45) is 7.33. The van der Waals surface area contributed by atoms with Crippen LogP contribution in [-0.2, 0) is 29.1 Å². The van der Waals surface area contributed by atoms with E-state index in [1.807, 2.05) is 6.08 Å². The van der Waals surface area contributed by atoms with Crippen molar-refractivity contribution in [2.75, 3.05) is 0 Å². The topological polar surface area (TPSA) is 121 Å². The molecule has 4 aliphatic rings. The molecule has 3 saturated carbocycles. The SMILES string of the molecule is CC1CC2=CC(=O)CC[C@]2(C)C2CC[C@]3(C)C(OS(=O)(=O)c4cccc(S(N)(=O)=O)c4)CCC3C12. The molecule has 0 radical (unpaired) electrons. The summed E-state index contributed by atoms with van der Waals surface area (Å²) in [5.74, 6) is 1.98. The lowest BCUT2D eigenvalue weighted by molar-refractivity contribution is -0.119. The van der Waals surface area contributed by atoms with Gasteiger partial charge in [0.25, 0.3) is 10.1 Å². The monoisotopic (exact) mass is 521 g/mol. The van der Waals surface area contributed by atoms with Crippen molar-refractivity contribution in [3.63, 3.8) is 0 Å². The molecule has 4 aliphatic carbocycles. The summed E-state index contributed by atoms with van der Waals surface area (Å²) in [6.45, 7) is 6.79. The molecule has 1 aromatic rings. The Labute approximate surface area is 208 Å². The van der Waals surface area contributed by atoms with Gasteiger partial charge in [0, 0.05) is 6.42 Å². The van der Waals surface area contributed by atoms with Crippen molar-refractivity contribution in [1.82, 2.24) is 0 Å². The Bertz CT molecular complexity index is 1300. The van der Waals surface area contributed by atoms with Crippen LogP contribution in [0.3, 0.4) is 0 Å². The Balaban J connectivity index is 1.42. The average molecular weight is 522 g/mol. The quantitative estimate of drug-likeness (QED) is 0.593. The summed E-state index contributed by atoms with van der Waals surface area (Å²) in [7, 11) is -8.19. The molecule has 0 aliphatic heterocycles. The van der Waals surface area contributed by atoms with Crippen molar-refractivity contribution in [2.45, 2.75) is 81.6 Å². The summed E-state index contributed by atoms with van der Waals surface area (Å²) >= 11 is 0. The molecule has 0 heterocycles. The second-order valence-electron chi connectivity index (χ2n) is 11.7. The van der Waals surface area contributed by atoms with Crippen molar-refractivity contribution in [3.05, 3.63) is 35.9 Å². The smallest absolute Gasteiger partial charge is 0.295 e. The number of primary sulfonamides is 1. The van der Waals surface area contributed by atoms with E-state index in [1.165, 1.54) is 23.8 Å². The molecule has 0 spiro atoms. The number of nitrogens with two attached hydrogens (primary N) is 1. The standard InChI is InChI=1S/C26H35NO6S2/c1-16-13-17-14-18(28)9-11-25(17,2)22-10-12-26(3)21(24(16)22)7-8-23(26)33-35(31,32)20-6-4-5-19(15-20)34(27,29)30/h4-6,14-16,21-24H,7-13H2,1-3H3,(H2,27,29,30)/t16?,21?,22?,23?,24?,25-,26-/m0/s1. The zero-order valence-corrected chi connectivity index (χ0v) is 22.2. The van der Waals surface area contributed by atoms with Gasteiger partial charge < -0.3 is 0 Å². The molecule has 0 aromatic heterocycles. The lowest BCUT2D eigenvalue weighted by atomic mass is 9.45. The minimum Gasteiger partial charge on any atom is -0.295 e. The van der Waals surface area contributed by atoms with Crippen molar-refractivity contribution in [3.8, 4) is 0 Å². The van der Waals surface area contributed by atoms with Crippen molar-refractivity contribution < 1.29 is 25.8 Å². The Morgan fingerprint density at radius 2 is 1.71 bits per heavy atom. The number of hydrogen-bond acceptors (Lipinski definition) is 6. The van der Waals surface area contributed by atoms with Crippen LogP contribution in [-0.4, -0.2) is 28.7 Å². The van der Waals surface area contributed by atoms with Gasteiger partial charge in [0.15, 0.2) is 5.78 Å². The third kappa shape index (κ3) is 4.03. The number of carbonyl (C=O) groups excluding carboxylic acids is 1. The molecule has 2 N–H and O–H groups in total. The summed E-state index contributed by atoms with van der Waals surface area (Å²) in [6, 6.07) is 5.05. The maximum Gasteiger partial charge on any atom is 0.297 e. The van der Waals surface area contributed by atoms with Crippen LogP contribution in [0.1, 0.15) is 65.7 Å². The Hall–Kier alpha value is -1.55. The fraction of sp³-hybridized carbons (Fsp3) is 0.654. The molecule has 3 fully saturated rings. The second kappa shape index (κ2) is 8.23. The maximum atomic E-state index is 13.2. The van der Waals surface area contributed by atoms with Crippen LogP contribution in [0.2, 0.25) is 0 Å². The van der Waals surface area contributed by atoms with E-state index in [4.69, 9.17) is 9.32 Å². The first-order chi connectivity index (χ1) is 16.3. The van der Waals surface area contributed by atoms with Crippen molar-refractivity contribution in [2.24, 2.45) is 39.6 Å². The number of benzene rings is 1. The summed E-state index contributed by atoms with van der Waals surface area (Å²) in [4.78, 5) is 11.7. The molecule has 192 valence electrons. The second-order valence-corrected chi connectivity index (χ2v) is 14.8. The van der Waals surface area contributed by atoms with Crippen LogP contribution in [0, 0.1) is 34.5 Å². The van der Waals surface area contributed by atoms with E-state index in [1.54, 1.807) is 0 Å². The van der Waals surface area contributed by atoms with E-state index in [0.717, 1.165) is 38.2 Å². The number of rotatable bonds is 4. The Kier molecular flexibility index (Phi) is 5.91. The van der Waals surface area contributed by atoms with Crippen LogP contribution in [0.25, 0.3) is 0 Å². The van der Waals surface area contributed by atoms with E-state index in [2.05, 4.69) is 20.8 Å². The third-order valence-corrected chi connectivity index (χ3v) is 12.1. The fourth-order valence-electron chi connectivity index (χ4n) is 8.03. The Morgan fingerprint density at radius 1 is 1.00 bits per heavy atom. The van der Waals surface area contributed by atoms with Crippen molar-refractivity contribution >= 4 is 25.9 Å². The van der Waals surface area contributed by atoms with Crippen LogP contribution in [0.15, 0.2) is 45.7 Å².